The molecule has 0 aromatic rings. The van der Waals surface area contributed by atoms with Crippen LogP contribution in [0, 0.1) is 0 Å². The molecule has 2 N–H and O–H groups in total. The summed E-state index contributed by atoms with van der Waals surface area (Å²) in [6.07, 6.45) is 0. The van der Waals surface area contributed by atoms with Gasteiger partial charge in [0.2, 0.25) is 11.8 Å². The maximum Gasteiger partial charge on any atom is 0.246 e. The molecule has 0 rings (SSSR count). The van der Waals surface area contributed by atoms with E-state index in [1.54, 1.807) is 0 Å². The minimum absolute atomic E-state index is 0. The smallest absolute Gasteiger partial charge is 0.246 e. The monoisotopic (exact) mass is 310 g/mol. The van der Waals surface area contributed by atoms with Crippen LogP contribution < -0.4 is 10.6 Å². The van der Waals surface area contributed by atoms with Gasteiger partial charge in [-0.3, -0.25) is 9.59 Å². The van der Waals surface area contributed by atoms with Gasteiger partial charge >= 0.3 is 0 Å². The van der Waals surface area contributed by atoms with Crippen LogP contribution in [0.2, 0.25) is 0 Å². The van der Waals surface area contributed by atoms with E-state index in [9.17, 15) is 9.59 Å². The van der Waals surface area contributed by atoms with Crippen LogP contribution in [0.4, 0.5) is 0 Å². The molecule has 0 radical (unpaired) electrons. The Kier molecular flexibility index (Phi) is 19.8. The van der Waals surface area contributed by atoms with Gasteiger partial charge in [0.05, 0.1) is 26.4 Å². The van der Waals surface area contributed by atoms with E-state index in [0.29, 0.717) is 46.1 Å². The SMILES string of the molecule is CC.CCOCC(=O)NCCOCCOCCNC(C)=O.[HH].[HH]. The number of ether oxygens (including phenoxy) is 3. The van der Waals surface area contributed by atoms with E-state index >= 15 is 0 Å². The second kappa shape index (κ2) is 18.8. The number of amides is 2. The first-order chi connectivity index (χ1) is 10.2. The van der Waals surface area contributed by atoms with Gasteiger partial charge in [-0.1, -0.05) is 13.8 Å². The molecular formula is C14H34N2O5. The minimum Gasteiger partial charge on any atom is -0.377 e. The van der Waals surface area contributed by atoms with Gasteiger partial charge in [-0.25, -0.2) is 0 Å². The summed E-state index contributed by atoms with van der Waals surface area (Å²) in [4.78, 5) is 21.7. The van der Waals surface area contributed by atoms with E-state index in [2.05, 4.69) is 10.6 Å². The van der Waals surface area contributed by atoms with Gasteiger partial charge in [0.1, 0.15) is 6.61 Å². The minimum atomic E-state index is -0.142. The molecule has 0 saturated heterocycles. The molecule has 7 heteroatoms. The van der Waals surface area contributed by atoms with Gasteiger partial charge in [0, 0.05) is 29.5 Å². The third-order valence-corrected chi connectivity index (χ3v) is 2.00. The average molecular weight is 310 g/mol. The molecule has 2 amide bonds. The second-order valence-electron chi connectivity index (χ2n) is 3.69. The summed E-state index contributed by atoms with van der Waals surface area (Å²) in [5.74, 6) is -0.209. The predicted molar refractivity (Wildman–Crippen MR) is 85.4 cm³/mol. The van der Waals surface area contributed by atoms with E-state index in [0.717, 1.165) is 0 Å². The normalized spacial score (nSPS) is 9.52. The van der Waals surface area contributed by atoms with Crippen LogP contribution in [0.3, 0.4) is 0 Å². The number of hydrogen-bond donors (Lipinski definition) is 2. The highest BCUT2D eigenvalue weighted by Gasteiger charge is 1.99. The van der Waals surface area contributed by atoms with Gasteiger partial charge < -0.3 is 24.8 Å². The largest absolute Gasteiger partial charge is 0.377 e. The molecule has 0 spiro atoms. The van der Waals surface area contributed by atoms with E-state index < -0.39 is 0 Å². The molecule has 0 heterocycles. The number of carbonyl (C=O) groups is 2. The fraction of sp³-hybridized carbons (Fsp3) is 0.857. The van der Waals surface area contributed by atoms with Crippen molar-refractivity contribution in [2.75, 3.05) is 52.7 Å². The Morgan fingerprint density at radius 2 is 1.43 bits per heavy atom. The molecule has 0 fully saturated rings. The van der Waals surface area contributed by atoms with Gasteiger partial charge in [-0.05, 0) is 6.92 Å². The predicted octanol–water partition coefficient (Wildman–Crippen LogP) is 0.827. The Hall–Kier alpha value is -1.18. The van der Waals surface area contributed by atoms with E-state index in [1.165, 1.54) is 6.92 Å². The van der Waals surface area contributed by atoms with Crippen molar-refractivity contribution in [1.29, 1.82) is 0 Å². The lowest BCUT2D eigenvalue weighted by molar-refractivity contribution is -0.125. The zero-order chi connectivity index (χ0) is 16.3. The Morgan fingerprint density at radius 3 is 1.90 bits per heavy atom. The van der Waals surface area contributed by atoms with Crippen LogP contribution in [0.1, 0.15) is 30.5 Å². The molecule has 0 aliphatic carbocycles. The van der Waals surface area contributed by atoms with Crippen LogP contribution in [0.25, 0.3) is 0 Å². The van der Waals surface area contributed by atoms with Crippen LogP contribution in [-0.2, 0) is 23.8 Å². The molecule has 0 saturated carbocycles. The molecule has 21 heavy (non-hydrogen) atoms. The van der Waals surface area contributed by atoms with Gasteiger partial charge in [0.15, 0.2) is 0 Å². The van der Waals surface area contributed by atoms with Gasteiger partial charge in [0.25, 0.3) is 0 Å². The molecule has 0 aliphatic heterocycles. The first-order valence-electron chi connectivity index (χ1n) is 7.41. The zero-order valence-corrected chi connectivity index (χ0v) is 13.7. The Balaban J connectivity index is -0.000000432. The standard InChI is InChI=1S/C12H24N2O5.C2H6.2H2/c1-3-17-10-12(16)14-5-7-19-9-8-18-6-4-13-11(2)15;1-2;;/h3-10H2,1-2H3,(H,13,15)(H,14,16);1-2H3;2*1H. The van der Waals surface area contributed by atoms with Crippen molar-refractivity contribution in [3.63, 3.8) is 0 Å². The summed E-state index contributed by atoms with van der Waals surface area (Å²) in [6.45, 7) is 10.7. The molecule has 0 aliphatic rings. The van der Waals surface area contributed by atoms with Crippen LogP contribution >= 0.6 is 0 Å². The first kappa shape index (κ1) is 22.1. The van der Waals surface area contributed by atoms with Crippen molar-refractivity contribution in [2.24, 2.45) is 0 Å². The maximum atomic E-state index is 11.1. The van der Waals surface area contributed by atoms with Crippen LogP contribution in [0.5, 0.6) is 0 Å². The molecule has 130 valence electrons. The quantitative estimate of drug-likeness (QED) is 0.521. The van der Waals surface area contributed by atoms with Gasteiger partial charge in [-0.2, -0.15) is 0 Å². The third kappa shape index (κ3) is 21.3. The summed E-state index contributed by atoms with van der Waals surface area (Å²) >= 11 is 0. The van der Waals surface area contributed by atoms with E-state index in [4.69, 9.17) is 14.2 Å². The van der Waals surface area contributed by atoms with Crippen molar-refractivity contribution in [3.05, 3.63) is 0 Å². The Labute approximate surface area is 130 Å². The number of rotatable bonds is 12. The van der Waals surface area contributed by atoms with E-state index in [-0.39, 0.29) is 21.3 Å². The second-order valence-corrected chi connectivity index (χ2v) is 3.69. The summed E-state index contributed by atoms with van der Waals surface area (Å²) in [7, 11) is 0. The average Bonchev–Trinajstić information content (AvgIpc) is 2.48. The van der Waals surface area contributed by atoms with Crippen LogP contribution in [-0.4, -0.2) is 64.5 Å². The Bertz CT molecular complexity index is 259. The molecule has 0 atom stereocenters. The lowest BCUT2D eigenvalue weighted by Crippen LogP contribution is -2.31. The molecule has 0 unspecified atom stereocenters. The van der Waals surface area contributed by atoms with Gasteiger partial charge in [-0.15, -0.1) is 0 Å². The van der Waals surface area contributed by atoms with Crippen molar-refractivity contribution >= 4 is 11.8 Å². The molecular weight excluding hydrogens is 276 g/mol. The summed E-state index contributed by atoms with van der Waals surface area (Å²) in [5.41, 5.74) is 0. The Morgan fingerprint density at radius 1 is 0.905 bits per heavy atom. The third-order valence-electron chi connectivity index (χ3n) is 2.00. The molecule has 0 aromatic heterocycles. The molecule has 0 bridgehead atoms. The van der Waals surface area contributed by atoms with Crippen molar-refractivity contribution in [3.8, 4) is 0 Å². The van der Waals surface area contributed by atoms with Crippen LogP contribution in [0.15, 0.2) is 0 Å². The number of hydrogen-bond acceptors (Lipinski definition) is 5. The highest BCUT2D eigenvalue weighted by Crippen LogP contribution is 1.79. The van der Waals surface area contributed by atoms with E-state index in [1.807, 2.05) is 20.8 Å². The number of carbonyl (C=O) groups excluding carboxylic acids is 2. The highest BCUT2D eigenvalue weighted by atomic mass is 16.5. The highest BCUT2D eigenvalue weighted by molar-refractivity contribution is 5.77. The summed E-state index contributed by atoms with van der Waals surface area (Å²) in [6, 6.07) is 0. The maximum absolute atomic E-state index is 11.1. The zero-order valence-electron chi connectivity index (χ0n) is 13.7. The van der Waals surface area contributed by atoms with Crippen molar-refractivity contribution in [1.82, 2.24) is 10.6 Å². The lowest BCUT2D eigenvalue weighted by Gasteiger charge is -2.07. The first-order valence-corrected chi connectivity index (χ1v) is 7.41. The van der Waals surface area contributed by atoms with Crippen molar-refractivity contribution in [2.45, 2.75) is 27.7 Å². The fourth-order valence-corrected chi connectivity index (χ4v) is 1.13. The summed E-state index contributed by atoms with van der Waals surface area (Å²) < 4.78 is 15.4. The van der Waals surface area contributed by atoms with Crippen molar-refractivity contribution < 1.29 is 26.7 Å². The topological polar surface area (TPSA) is 85.9 Å². The molecule has 7 nitrogen and oxygen atoms in total. The summed E-state index contributed by atoms with van der Waals surface area (Å²) in [5, 5.41) is 5.29. The molecule has 0 aromatic carbocycles. The lowest BCUT2D eigenvalue weighted by atomic mass is 10.6. The fourth-order valence-electron chi connectivity index (χ4n) is 1.13. The number of nitrogens with one attached hydrogen (secondary N) is 2.